The number of nitrogens with zero attached hydrogens (tertiary/aromatic N) is 2. The molecule has 3 aromatic rings. The molecule has 1 aliphatic carbocycles. The number of aromatic nitrogens is 2. The van der Waals surface area contributed by atoms with Gasteiger partial charge in [-0.3, -0.25) is 0 Å². The highest BCUT2D eigenvalue weighted by atomic mass is 16.5. The second kappa shape index (κ2) is 7.63. The maximum Gasteiger partial charge on any atom is 0.208 e. The predicted molar refractivity (Wildman–Crippen MR) is 112 cm³/mol. The Bertz CT molecular complexity index is 898. The van der Waals surface area contributed by atoms with E-state index in [1.807, 2.05) is 26.0 Å². The van der Waals surface area contributed by atoms with Gasteiger partial charge in [0.15, 0.2) is 0 Å². The van der Waals surface area contributed by atoms with Crippen LogP contribution < -0.4 is 10.1 Å². The van der Waals surface area contributed by atoms with Crippen LogP contribution in [-0.4, -0.2) is 15.7 Å². The number of imidazole rings is 1. The molecule has 0 spiro atoms. The van der Waals surface area contributed by atoms with E-state index in [-0.39, 0.29) is 6.10 Å². The monoisotopic (exact) mass is 363 g/mol. The van der Waals surface area contributed by atoms with E-state index in [0.717, 1.165) is 28.8 Å². The van der Waals surface area contributed by atoms with Crippen molar-refractivity contribution in [2.45, 2.75) is 58.6 Å². The second-order valence-corrected chi connectivity index (χ2v) is 8.04. The molecule has 2 aromatic carbocycles. The van der Waals surface area contributed by atoms with E-state index < -0.39 is 0 Å². The van der Waals surface area contributed by atoms with Crippen molar-refractivity contribution in [1.82, 2.24) is 9.55 Å². The summed E-state index contributed by atoms with van der Waals surface area (Å²) in [6.45, 7) is 6.45. The summed E-state index contributed by atoms with van der Waals surface area (Å²) in [6.07, 6.45) is 5.25. The van der Waals surface area contributed by atoms with Crippen LogP contribution in [0.15, 0.2) is 48.5 Å². The third-order valence-electron chi connectivity index (χ3n) is 5.35. The van der Waals surface area contributed by atoms with Crippen LogP contribution in [0.25, 0.3) is 11.0 Å². The zero-order chi connectivity index (χ0) is 18.8. The number of hydrogen-bond acceptors (Lipinski definition) is 3. The summed E-state index contributed by atoms with van der Waals surface area (Å²) in [4.78, 5) is 4.90. The van der Waals surface area contributed by atoms with E-state index in [1.165, 1.54) is 31.2 Å². The Labute approximate surface area is 161 Å². The van der Waals surface area contributed by atoms with Gasteiger partial charge in [-0.2, -0.15) is 0 Å². The van der Waals surface area contributed by atoms with Crippen molar-refractivity contribution in [3.05, 3.63) is 48.5 Å². The number of anilines is 2. The molecule has 27 heavy (non-hydrogen) atoms. The van der Waals surface area contributed by atoms with Crippen LogP contribution in [0, 0.1) is 5.92 Å². The largest absolute Gasteiger partial charge is 0.491 e. The fourth-order valence-electron chi connectivity index (χ4n) is 4.16. The molecule has 1 heterocycles. The summed E-state index contributed by atoms with van der Waals surface area (Å²) in [7, 11) is 0. The Kier molecular flexibility index (Phi) is 5.06. The Hall–Kier alpha value is -2.49. The lowest BCUT2D eigenvalue weighted by molar-refractivity contribution is 0.242. The summed E-state index contributed by atoms with van der Waals surface area (Å²) in [5.74, 6) is 2.60. The minimum absolute atomic E-state index is 0.182. The van der Waals surface area contributed by atoms with Crippen LogP contribution in [0.5, 0.6) is 5.75 Å². The number of benzene rings is 2. The first kappa shape index (κ1) is 17.9. The van der Waals surface area contributed by atoms with Gasteiger partial charge in [0.25, 0.3) is 0 Å². The molecule has 2 atom stereocenters. The first-order chi connectivity index (χ1) is 13.1. The highest BCUT2D eigenvalue weighted by Gasteiger charge is 2.24. The SMILES string of the molecule is CC(C)Oc1ccc(Nc2nc3ccccc3n2[C@@H]2CCC[C@@H](C)C2)cc1. The molecule has 4 nitrogen and oxygen atoms in total. The number of ether oxygens (including phenoxy) is 1. The Morgan fingerprint density at radius 2 is 1.85 bits per heavy atom. The van der Waals surface area contributed by atoms with Gasteiger partial charge in [-0.15, -0.1) is 0 Å². The van der Waals surface area contributed by atoms with Gasteiger partial charge in [0.1, 0.15) is 5.75 Å². The van der Waals surface area contributed by atoms with Crippen molar-refractivity contribution in [3.8, 4) is 5.75 Å². The number of para-hydroxylation sites is 2. The van der Waals surface area contributed by atoms with E-state index in [2.05, 4.69) is 53.2 Å². The van der Waals surface area contributed by atoms with Crippen LogP contribution in [0.3, 0.4) is 0 Å². The van der Waals surface area contributed by atoms with E-state index in [4.69, 9.17) is 9.72 Å². The number of rotatable bonds is 5. The molecule has 0 aliphatic heterocycles. The minimum atomic E-state index is 0.182. The van der Waals surface area contributed by atoms with Crippen LogP contribution in [-0.2, 0) is 0 Å². The van der Waals surface area contributed by atoms with Crippen molar-refractivity contribution in [3.63, 3.8) is 0 Å². The van der Waals surface area contributed by atoms with Crippen LogP contribution in [0.2, 0.25) is 0 Å². The van der Waals surface area contributed by atoms with Crippen molar-refractivity contribution >= 4 is 22.7 Å². The maximum atomic E-state index is 5.75. The summed E-state index contributed by atoms with van der Waals surface area (Å²) >= 11 is 0. The van der Waals surface area contributed by atoms with Crippen molar-refractivity contribution in [2.24, 2.45) is 5.92 Å². The third kappa shape index (κ3) is 3.95. The highest BCUT2D eigenvalue weighted by Crippen LogP contribution is 2.37. The van der Waals surface area contributed by atoms with Gasteiger partial charge >= 0.3 is 0 Å². The normalized spacial score (nSPS) is 20.1. The molecule has 4 rings (SSSR count). The molecule has 0 unspecified atom stereocenters. The lowest BCUT2D eigenvalue weighted by atomic mass is 9.87. The molecule has 1 fully saturated rings. The Balaban J connectivity index is 1.65. The lowest BCUT2D eigenvalue weighted by Crippen LogP contribution is -2.19. The highest BCUT2D eigenvalue weighted by molar-refractivity contribution is 5.80. The number of hydrogen-bond donors (Lipinski definition) is 1. The van der Waals surface area contributed by atoms with E-state index in [1.54, 1.807) is 0 Å². The van der Waals surface area contributed by atoms with Gasteiger partial charge < -0.3 is 14.6 Å². The van der Waals surface area contributed by atoms with Gasteiger partial charge in [0.05, 0.1) is 17.1 Å². The molecule has 142 valence electrons. The van der Waals surface area contributed by atoms with E-state index in [0.29, 0.717) is 6.04 Å². The van der Waals surface area contributed by atoms with Gasteiger partial charge in [-0.05, 0) is 69.0 Å². The van der Waals surface area contributed by atoms with Crippen LogP contribution in [0.1, 0.15) is 52.5 Å². The first-order valence-corrected chi connectivity index (χ1v) is 10.1. The molecule has 0 bridgehead atoms. The average Bonchev–Trinajstić information content (AvgIpc) is 3.01. The molecule has 0 amide bonds. The van der Waals surface area contributed by atoms with Crippen molar-refractivity contribution < 1.29 is 4.74 Å². The molecule has 4 heteroatoms. The van der Waals surface area contributed by atoms with Gasteiger partial charge in [0.2, 0.25) is 5.95 Å². The molecule has 0 radical (unpaired) electrons. The zero-order valence-electron chi connectivity index (χ0n) is 16.5. The fourth-order valence-corrected chi connectivity index (χ4v) is 4.16. The Morgan fingerprint density at radius 1 is 1.07 bits per heavy atom. The van der Waals surface area contributed by atoms with Gasteiger partial charge in [-0.25, -0.2) is 4.98 Å². The maximum absolute atomic E-state index is 5.75. The zero-order valence-corrected chi connectivity index (χ0v) is 16.5. The summed E-state index contributed by atoms with van der Waals surface area (Å²) < 4.78 is 8.17. The summed E-state index contributed by atoms with van der Waals surface area (Å²) in [5, 5.41) is 3.55. The van der Waals surface area contributed by atoms with Crippen molar-refractivity contribution in [1.29, 1.82) is 0 Å². The lowest BCUT2D eigenvalue weighted by Gasteiger charge is -2.29. The number of fused-ring (bicyclic) bond motifs is 1. The molecular weight excluding hydrogens is 334 g/mol. The van der Waals surface area contributed by atoms with Gasteiger partial charge in [0, 0.05) is 11.7 Å². The van der Waals surface area contributed by atoms with Crippen LogP contribution in [0.4, 0.5) is 11.6 Å². The molecule has 1 saturated carbocycles. The average molecular weight is 364 g/mol. The molecule has 1 N–H and O–H groups in total. The molecule has 1 aliphatic rings. The topological polar surface area (TPSA) is 39.1 Å². The predicted octanol–water partition coefficient (Wildman–Crippen LogP) is 6.32. The number of nitrogens with one attached hydrogen (secondary N) is 1. The smallest absolute Gasteiger partial charge is 0.208 e. The second-order valence-electron chi connectivity index (χ2n) is 8.04. The van der Waals surface area contributed by atoms with E-state index >= 15 is 0 Å². The quantitative estimate of drug-likeness (QED) is 0.576. The minimum Gasteiger partial charge on any atom is -0.491 e. The molecule has 0 saturated heterocycles. The molecular formula is C23H29N3O. The first-order valence-electron chi connectivity index (χ1n) is 10.1. The van der Waals surface area contributed by atoms with Gasteiger partial charge in [-0.1, -0.05) is 31.9 Å². The third-order valence-corrected chi connectivity index (χ3v) is 5.35. The van der Waals surface area contributed by atoms with E-state index in [9.17, 15) is 0 Å². The Morgan fingerprint density at radius 3 is 2.59 bits per heavy atom. The fraction of sp³-hybridized carbons (Fsp3) is 0.435. The molecule has 1 aromatic heterocycles. The van der Waals surface area contributed by atoms with Crippen molar-refractivity contribution in [2.75, 3.05) is 5.32 Å². The summed E-state index contributed by atoms with van der Waals surface area (Å²) in [5.41, 5.74) is 3.31. The standard InChI is InChI=1S/C23H29N3O/c1-16(2)27-20-13-11-18(12-14-20)24-23-25-21-9-4-5-10-22(21)26(23)19-8-6-7-17(3)15-19/h4-5,9-14,16-17,19H,6-8,15H2,1-3H3,(H,24,25)/t17-,19-/m1/s1. The van der Waals surface area contributed by atoms with Crippen LogP contribution >= 0.6 is 0 Å². The summed E-state index contributed by atoms with van der Waals surface area (Å²) in [6, 6.07) is 17.1.